The number of hydrogen-bond acceptors (Lipinski definition) is 3. The number of carbonyl (C=O) groups is 1. The van der Waals surface area contributed by atoms with E-state index in [1.807, 2.05) is 12.2 Å². The maximum Gasteiger partial charge on any atom is 0.410 e. The van der Waals surface area contributed by atoms with Crippen molar-refractivity contribution < 1.29 is 14.6 Å². The second-order valence-corrected chi connectivity index (χ2v) is 3.01. The number of aliphatic hydroxyl groups is 1. The molecular weight excluding hydrogens is 158 g/mol. The predicted molar refractivity (Wildman–Crippen MR) is 41.6 cm³/mol. The summed E-state index contributed by atoms with van der Waals surface area (Å²) in [6, 6.07) is -0.0451. The van der Waals surface area contributed by atoms with Crippen LogP contribution < -0.4 is 0 Å². The summed E-state index contributed by atoms with van der Waals surface area (Å²) in [5.41, 5.74) is 0. The molecule has 0 radical (unpaired) electrons. The van der Waals surface area contributed by atoms with E-state index >= 15 is 0 Å². The molecule has 2 atom stereocenters. The van der Waals surface area contributed by atoms with Crippen molar-refractivity contribution in [1.82, 2.24) is 4.90 Å². The number of fused-ring (bicyclic) bond motifs is 1. The fourth-order valence-corrected chi connectivity index (χ4v) is 1.65. The van der Waals surface area contributed by atoms with E-state index in [-0.39, 0.29) is 24.8 Å². The summed E-state index contributed by atoms with van der Waals surface area (Å²) in [5.74, 6) is 0. The molecule has 12 heavy (non-hydrogen) atoms. The van der Waals surface area contributed by atoms with Gasteiger partial charge in [-0.15, -0.1) is 0 Å². The lowest BCUT2D eigenvalue weighted by atomic mass is 10.1. The van der Waals surface area contributed by atoms with Crippen LogP contribution >= 0.6 is 0 Å². The Bertz CT molecular complexity index is 226. The first kappa shape index (κ1) is 7.61. The first-order valence-corrected chi connectivity index (χ1v) is 4.07. The number of cyclic esters (lactones) is 1. The zero-order chi connectivity index (χ0) is 8.55. The quantitative estimate of drug-likeness (QED) is 0.567. The third-order valence-electron chi connectivity index (χ3n) is 2.28. The van der Waals surface area contributed by atoms with E-state index in [4.69, 9.17) is 9.84 Å². The number of nitrogens with zero attached hydrogens (tertiary/aromatic N) is 1. The Kier molecular flexibility index (Phi) is 1.77. The van der Waals surface area contributed by atoms with E-state index in [0.29, 0.717) is 6.54 Å². The molecular formula is C8H11NO3. The molecule has 2 heterocycles. The normalized spacial score (nSPS) is 33.4. The molecule has 1 fully saturated rings. The number of carbonyl (C=O) groups excluding carboxylic acids is 1. The average molecular weight is 169 g/mol. The molecule has 2 unspecified atom stereocenters. The molecule has 4 heteroatoms. The zero-order valence-electron chi connectivity index (χ0n) is 6.64. The van der Waals surface area contributed by atoms with Crippen LogP contribution in [0.4, 0.5) is 4.79 Å². The summed E-state index contributed by atoms with van der Waals surface area (Å²) in [6.45, 7) is 0.605. The average Bonchev–Trinajstić information content (AvgIpc) is 2.44. The Morgan fingerprint density at radius 2 is 2.58 bits per heavy atom. The van der Waals surface area contributed by atoms with Gasteiger partial charge in [0.2, 0.25) is 0 Å². The summed E-state index contributed by atoms with van der Waals surface area (Å²) in [5, 5.41) is 8.88. The van der Waals surface area contributed by atoms with Gasteiger partial charge in [-0.1, -0.05) is 12.2 Å². The number of amides is 1. The van der Waals surface area contributed by atoms with E-state index in [9.17, 15) is 4.79 Å². The van der Waals surface area contributed by atoms with Crippen molar-refractivity contribution in [2.75, 3.05) is 13.2 Å². The summed E-state index contributed by atoms with van der Waals surface area (Å²) >= 11 is 0. The standard InChI is InChI=1S/C8H11NO3/c10-5-7-6-3-1-2-4-9(6)8(11)12-7/h1,3,6-7,10H,2,4-5H2. The van der Waals surface area contributed by atoms with Crippen LogP contribution in [0, 0.1) is 0 Å². The van der Waals surface area contributed by atoms with E-state index in [1.165, 1.54) is 0 Å². The molecule has 2 rings (SSSR count). The van der Waals surface area contributed by atoms with Crippen LogP contribution in [0.3, 0.4) is 0 Å². The van der Waals surface area contributed by atoms with Crippen LogP contribution in [-0.4, -0.2) is 41.4 Å². The van der Waals surface area contributed by atoms with Gasteiger partial charge < -0.3 is 9.84 Å². The van der Waals surface area contributed by atoms with Crippen molar-refractivity contribution in [2.24, 2.45) is 0 Å². The van der Waals surface area contributed by atoms with Gasteiger partial charge in [0, 0.05) is 6.54 Å². The summed E-state index contributed by atoms with van der Waals surface area (Å²) in [6.07, 6.45) is 4.16. The Morgan fingerprint density at radius 3 is 3.33 bits per heavy atom. The topological polar surface area (TPSA) is 49.8 Å². The van der Waals surface area contributed by atoms with Crippen LogP contribution in [0.25, 0.3) is 0 Å². The van der Waals surface area contributed by atoms with Crippen LogP contribution in [0.5, 0.6) is 0 Å². The summed E-state index contributed by atoms with van der Waals surface area (Å²) < 4.78 is 4.94. The molecule has 2 aliphatic rings. The first-order chi connectivity index (χ1) is 5.83. The van der Waals surface area contributed by atoms with Crippen molar-refractivity contribution in [3.05, 3.63) is 12.2 Å². The third-order valence-corrected chi connectivity index (χ3v) is 2.28. The molecule has 2 aliphatic heterocycles. The lowest BCUT2D eigenvalue weighted by Gasteiger charge is -2.23. The molecule has 66 valence electrons. The molecule has 0 aliphatic carbocycles. The highest BCUT2D eigenvalue weighted by molar-refractivity contribution is 5.71. The van der Waals surface area contributed by atoms with Crippen molar-refractivity contribution in [3.8, 4) is 0 Å². The highest BCUT2D eigenvalue weighted by atomic mass is 16.6. The van der Waals surface area contributed by atoms with Gasteiger partial charge in [0.15, 0.2) is 6.10 Å². The smallest absolute Gasteiger partial charge is 0.410 e. The Hall–Kier alpha value is -1.03. The molecule has 1 saturated heterocycles. The summed E-state index contributed by atoms with van der Waals surface area (Å²) in [7, 11) is 0. The van der Waals surface area contributed by atoms with Gasteiger partial charge in [0.1, 0.15) is 0 Å². The predicted octanol–water partition coefficient (Wildman–Crippen LogP) is 0.128. The van der Waals surface area contributed by atoms with Gasteiger partial charge in [-0.2, -0.15) is 0 Å². The van der Waals surface area contributed by atoms with Gasteiger partial charge in [-0.25, -0.2) is 4.79 Å². The molecule has 0 bridgehead atoms. The van der Waals surface area contributed by atoms with Crippen LogP contribution in [0.15, 0.2) is 12.2 Å². The molecule has 0 saturated carbocycles. The highest BCUT2D eigenvalue weighted by Crippen LogP contribution is 2.23. The second-order valence-electron chi connectivity index (χ2n) is 3.01. The van der Waals surface area contributed by atoms with Crippen LogP contribution in [0.2, 0.25) is 0 Å². The molecule has 0 aromatic carbocycles. The van der Waals surface area contributed by atoms with Gasteiger partial charge in [-0.3, -0.25) is 4.90 Å². The maximum absolute atomic E-state index is 11.1. The van der Waals surface area contributed by atoms with E-state index in [2.05, 4.69) is 0 Å². The molecule has 4 nitrogen and oxygen atoms in total. The Morgan fingerprint density at radius 1 is 1.75 bits per heavy atom. The van der Waals surface area contributed by atoms with Crippen molar-refractivity contribution >= 4 is 6.09 Å². The third kappa shape index (κ3) is 0.992. The van der Waals surface area contributed by atoms with Crippen molar-refractivity contribution in [2.45, 2.75) is 18.6 Å². The van der Waals surface area contributed by atoms with Crippen molar-refractivity contribution in [1.29, 1.82) is 0 Å². The molecule has 0 spiro atoms. The maximum atomic E-state index is 11.1. The van der Waals surface area contributed by atoms with Crippen molar-refractivity contribution in [3.63, 3.8) is 0 Å². The fourth-order valence-electron chi connectivity index (χ4n) is 1.65. The van der Waals surface area contributed by atoms with Gasteiger partial charge in [0.25, 0.3) is 0 Å². The Balaban J connectivity index is 2.19. The lowest BCUT2D eigenvalue weighted by molar-refractivity contribution is 0.0886. The number of aliphatic hydroxyl groups excluding tert-OH is 1. The fraction of sp³-hybridized carbons (Fsp3) is 0.625. The SMILES string of the molecule is O=C1OC(CO)C2C=CCCN12. The minimum absolute atomic E-state index is 0.0451. The van der Waals surface area contributed by atoms with Crippen LogP contribution in [-0.2, 0) is 4.74 Å². The molecule has 0 aromatic rings. The lowest BCUT2D eigenvalue weighted by Crippen LogP contribution is -2.38. The largest absolute Gasteiger partial charge is 0.441 e. The second kappa shape index (κ2) is 2.79. The minimum atomic E-state index is -0.367. The number of rotatable bonds is 1. The molecule has 1 amide bonds. The monoisotopic (exact) mass is 169 g/mol. The number of ether oxygens (including phenoxy) is 1. The van der Waals surface area contributed by atoms with Gasteiger partial charge in [0.05, 0.1) is 12.6 Å². The highest BCUT2D eigenvalue weighted by Gasteiger charge is 2.40. The molecule has 0 aromatic heterocycles. The first-order valence-electron chi connectivity index (χ1n) is 4.07. The summed E-state index contributed by atoms with van der Waals surface area (Å²) in [4.78, 5) is 12.8. The van der Waals surface area contributed by atoms with E-state index in [0.717, 1.165) is 6.42 Å². The number of hydrogen-bond donors (Lipinski definition) is 1. The Labute approximate surface area is 70.4 Å². The minimum Gasteiger partial charge on any atom is -0.441 e. The van der Waals surface area contributed by atoms with E-state index < -0.39 is 0 Å². The molecule has 1 N–H and O–H groups in total. The van der Waals surface area contributed by atoms with Crippen LogP contribution in [0.1, 0.15) is 6.42 Å². The van der Waals surface area contributed by atoms with E-state index in [1.54, 1.807) is 4.90 Å². The zero-order valence-corrected chi connectivity index (χ0v) is 6.64. The van der Waals surface area contributed by atoms with Gasteiger partial charge >= 0.3 is 6.09 Å². The van der Waals surface area contributed by atoms with Gasteiger partial charge in [-0.05, 0) is 6.42 Å².